The highest BCUT2D eigenvalue weighted by Crippen LogP contribution is 2.36. The van der Waals surface area contributed by atoms with Gasteiger partial charge in [-0.2, -0.15) is 13.2 Å². The lowest BCUT2D eigenvalue weighted by Crippen LogP contribution is -2.35. The van der Waals surface area contributed by atoms with Crippen molar-refractivity contribution in [1.82, 2.24) is 4.90 Å². The number of nitrogens with zero attached hydrogens (tertiary/aromatic N) is 1. The molecule has 0 bridgehead atoms. The Morgan fingerprint density at radius 2 is 2.00 bits per heavy atom. The molecular formula is C20H25F3N2O3. The Kier molecular flexibility index (Phi) is 6.15. The van der Waals surface area contributed by atoms with Gasteiger partial charge in [-0.3, -0.25) is 9.59 Å². The molecule has 3 rings (SSSR count). The maximum atomic E-state index is 13.1. The Balaban J connectivity index is 1.74. The lowest BCUT2D eigenvalue weighted by molar-refractivity contribution is -0.137. The number of likely N-dealkylation sites (tertiary alicyclic amines) is 1. The van der Waals surface area contributed by atoms with Gasteiger partial charge in [-0.05, 0) is 37.5 Å². The molecule has 1 aliphatic heterocycles. The van der Waals surface area contributed by atoms with Crippen molar-refractivity contribution in [3.63, 3.8) is 0 Å². The van der Waals surface area contributed by atoms with Crippen LogP contribution in [0, 0.1) is 5.92 Å². The molecule has 1 saturated heterocycles. The second kappa shape index (κ2) is 8.41. The van der Waals surface area contributed by atoms with Crippen molar-refractivity contribution in [3.8, 4) is 5.75 Å². The minimum Gasteiger partial charge on any atom is -0.491 e. The summed E-state index contributed by atoms with van der Waals surface area (Å²) in [5, 5.41) is 2.56. The Morgan fingerprint density at radius 1 is 1.29 bits per heavy atom. The van der Waals surface area contributed by atoms with Crippen LogP contribution in [0.3, 0.4) is 0 Å². The molecular weight excluding hydrogens is 373 g/mol. The number of rotatable bonds is 6. The highest BCUT2D eigenvalue weighted by molar-refractivity contribution is 5.98. The van der Waals surface area contributed by atoms with E-state index in [4.69, 9.17) is 4.74 Å². The number of hydrogen-bond acceptors (Lipinski definition) is 3. The zero-order valence-electron chi connectivity index (χ0n) is 15.8. The molecule has 1 aromatic rings. The minimum atomic E-state index is -4.52. The number of amides is 2. The summed E-state index contributed by atoms with van der Waals surface area (Å²) in [6.45, 7) is 2.52. The monoisotopic (exact) mass is 398 g/mol. The second-order valence-electron chi connectivity index (χ2n) is 7.43. The predicted octanol–water partition coefficient (Wildman–Crippen LogP) is 4.22. The fourth-order valence-electron chi connectivity index (χ4n) is 3.85. The average Bonchev–Trinajstić information content (AvgIpc) is 3.29. The van der Waals surface area contributed by atoms with Crippen LogP contribution in [0.2, 0.25) is 0 Å². The third-order valence-electron chi connectivity index (χ3n) is 5.32. The molecule has 1 aliphatic carbocycles. The molecule has 1 heterocycles. The average molecular weight is 398 g/mol. The molecule has 2 aliphatic rings. The van der Waals surface area contributed by atoms with Crippen LogP contribution in [0.1, 0.15) is 51.0 Å². The number of benzene rings is 1. The summed E-state index contributed by atoms with van der Waals surface area (Å²) in [6, 6.07) is 3.22. The van der Waals surface area contributed by atoms with Crippen LogP contribution in [-0.4, -0.2) is 35.9 Å². The molecule has 2 fully saturated rings. The highest BCUT2D eigenvalue weighted by atomic mass is 19.4. The largest absolute Gasteiger partial charge is 0.491 e. The molecule has 1 aromatic carbocycles. The fraction of sp³-hybridized carbons (Fsp3) is 0.600. The number of carbonyl (C=O) groups excluding carboxylic acids is 2. The van der Waals surface area contributed by atoms with Crippen molar-refractivity contribution >= 4 is 17.5 Å². The molecule has 8 heteroatoms. The van der Waals surface area contributed by atoms with Crippen molar-refractivity contribution in [2.75, 3.05) is 18.5 Å². The van der Waals surface area contributed by atoms with Crippen molar-refractivity contribution in [2.45, 2.75) is 57.7 Å². The van der Waals surface area contributed by atoms with E-state index >= 15 is 0 Å². The van der Waals surface area contributed by atoms with Crippen LogP contribution < -0.4 is 10.1 Å². The Bertz CT molecular complexity index is 730. The molecule has 0 aromatic heterocycles. The number of carbonyl (C=O) groups is 2. The van der Waals surface area contributed by atoms with Crippen LogP contribution in [0.4, 0.5) is 18.9 Å². The normalized spacial score (nSPS) is 20.6. The van der Waals surface area contributed by atoms with Crippen molar-refractivity contribution in [1.29, 1.82) is 0 Å². The standard InChI is InChI=1S/C20H25F3N2O3/c1-2-9-28-17-8-7-14(20(21,22)23)11-16(17)24-19(27)13-10-18(26)25(12-13)15-5-3-4-6-15/h7-8,11,13,15H,2-6,9-10,12H2,1H3,(H,24,27). The smallest absolute Gasteiger partial charge is 0.416 e. The van der Waals surface area contributed by atoms with Crippen LogP contribution in [0.15, 0.2) is 18.2 Å². The van der Waals surface area contributed by atoms with E-state index in [0.717, 1.165) is 37.8 Å². The van der Waals surface area contributed by atoms with E-state index in [0.29, 0.717) is 19.6 Å². The lowest BCUT2D eigenvalue weighted by atomic mass is 10.1. The highest BCUT2D eigenvalue weighted by Gasteiger charge is 2.39. The number of alkyl halides is 3. The second-order valence-corrected chi connectivity index (χ2v) is 7.43. The van der Waals surface area contributed by atoms with Crippen LogP contribution >= 0.6 is 0 Å². The molecule has 1 atom stereocenters. The molecule has 1 N–H and O–H groups in total. The number of anilines is 1. The van der Waals surface area contributed by atoms with E-state index in [1.807, 2.05) is 6.92 Å². The maximum Gasteiger partial charge on any atom is 0.416 e. The van der Waals surface area contributed by atoms with Gasteiger partial charge in [0.25, 0.3) is 0 Å². The zero-order valence-corrected chi connectivity index (χ0v) is 15.8. The number of halogens is 3. The third-order valence-corrected chi connectivity index (χ3v) is 5.32. The molecule has 1 unspecified atom stereocenters. The molecule has 2 amide bonds. The van der Waals surface area contributed by atoms with Gasteiger partial charge in [-0.25, -0.2) is 0 Å². The first-order valence-corrected chi connectivity index (χ1v) is 9.74. The molecule has 154 valence electrons. The van der Waals surface area contributed by atoms with Gasteiger partial charge in [-0.15, -0.1) is 0 Å². The van der Waals surface area contributed by atoms with Gasteiger partial charge in [0.1, 0.15) is 5.75 Å². The summed E-state index contributed by atoms with van der Waals surface area (Å²) in [7, 11) is 0. The zero-order chi connectivity index (χ0) is 20.3. The van der Waals surface area contributed by atoms with Crippen LogP contribution in [-0.2, 0) is 15.8 Å². The summed E-state index contributed by atoms with van der Waals surface area (Å²) in [6.07, 6.45) is 0.298. The number of nitrogens with one attached hydrogen (secondary N) is 1. The van der Waals surface area contributed by atoms with E-state index in [-0.39, 0.29) is 29.8 Å². The molecule has 0 spiro atoms. The van der Waals surface area contributed by atoms with Gasteiger partial charge in [-0.1, -0.05) is 19.8 Å². The summed E-state index contributed by atoms with van der Waals surface area (Å²) >= 11 is 0. The first kappa shape index (κ1) is 20.5. The van der Waals surface area contributed by atoms with E-state index in [2.05, 4.69) is 5.32 Å². The lowest BCUT2D eigenvalue weighted by Gasteiger charge is -2.24. The van der Waals surface area contributed by atoms with E-state index in [1.165, 1.54) is 6.07 Å². The van der Waals surface area contributed by atoms with Crippen molar-refractivity contribution in [3.05, 3.63) is 23.8 Å². The summed E-state index contributed by atoms with van der Waals surface area (Å²) in [4.78, 5) is 26.7. The molecule has 1 saturated carbocycles. The Labute approximate surface area is 162 Å². The summed E-state index contributed by atoms with van der Waals surface area (Å²) in [5.41, 5.74) is -0.873. The van der Waals surface area contributed by atoms with Crippen molar-refractivity contribution < 1.29 is 27.5 Å². The maximum absolute atomic E-state index is 13.1. The van der Waals surface area contributed by atoms with E-state index in [1.54, 1.807) is 4.90 Å². The summed E-state index contributed by atoms with van der Waals surface area (Å²) in [5.74, 6) is -0.880. The van der Waals surface area contributed by atoms with E-state index in [9.17, 15) is 22.8 Å². The molecule has 0 radical (unpaired) electrons. The molecule has 28 heavy (non-hydrogen) atoms. The van der Waals surface area contributed by atoms with Crippen molar-refractivity contribution in [2.24, 2.45) is 5.92 Å². The minimum absolute atomic E-state index is 0.0139. The quantitative estimate of drug-likeness (QED) is 0.780. The number of ether oxygens (including phenoxy) is 1. The predicted molar refractivity (Wildman–Crippen MR) is 97.9 cm³/mol. The first-order valence-electron chi connectivity index (χ1n) is 9.74. The number of hydrogen-bond donors (Lipinski definition) is 1. The summed E-state index contributed by atoms with van der Waals surface area (Å²) < 4.78 is 44.7. The van der Waals surface area contributed by atoms with Crippen LogP contribution in [0.25, 0.3) is 0 Å². The van der Waals surface area contributed by atoms with Gasteiger partial charge in [0.15, 0.2) is 0 Å². The van der Waals surface area contributed by atoms with Gasteiger partial charge < -0.3 is 15.0 Å². The van der Waals surface area contributed by atoms with Gasteiger partial charge in [0.2, 0.25) is 11.8 Å². The SMILES string of the molecule is CCCOc1ccc(C(F)(F)F)cc1NC(=O)C1CC(=O)N(C2CCCC2)C1. The van der Waals surface area contributed by atoms with E-state index < -0.39 is 23.6 Å². The third kappa shape index (κ3) is 4.59. The first-order chi connectivity index (χ1) is 13.3. The Morgan fingerprint density at radius 3 is 2.64 bits per heavy atom. The van der Waals surface area contributed by atoms with Gasteiger partial charge >= 0.3 is 6.18 Å². The Hall–Kier alpha value is -2.25. The fourth-order valence-corrected chi connectivity index (χ4v) is 3.85. The topological polar surface area (TPSA) is 58.6 Å². The van der Waals surface area contributed by atoms with Crippen LogP contribution in [0.5, 0.6) is 5.75 Å². The van der Waals surface area contributed by atoms with Gasteiger partial charge in [0, 0.05) is 19.0 Å². The molecule has 5 nitrogen and oxygen atoms in total. The van der Waals surface area contributed by atoms with Gasteiger partial charge in [0.05, 0.1) is 23.8 Å².